The summed E-state index contributed by atoms with van der Waals surface area (Å²) in [6.45, 7) is 3.83. The molecule has 2 aromatic carbocycles. The van der Waals surface area contributed by atoms with Crippen LogP contribution in [0.5, 0.6) is 5.75 Å². The van der Waals surface area contributed by atoms with Gasteiger partial charge in [0.2, 0.25) is 6.54 Å². The van der Waals surface area contributed by atoms with E-state index in [9.17, 15) is 19.6 Å². The maximum Gasteiger partial charge on any atom is 0.231 e. The lowest BCUT2D eigenvalue weighted by atomic mass is 10.1. The van der Waals surface area contributed by atoms with Gasteiger partial charge in [0.1, 0.15) is 17.7 Å². The number of benzene rings is 2. The van der Waals surface area contributed by atoms with Crippen molar-refractivity contribution in [3.8, 4) is 5.75 Å². The first-order valence-corrected chi connectivity index (χ1v) is 12.0. The Kier molecular flexibility index (Phi) is 10.7. The van der Waals surface area contributed by atoms with Gasteiger partial charge >= 0.3 is 0 Å². The van der Waals surface area contributed by atoms with Gasteiger partial charge in [0.05, 0.1) is 12.7 Å². The molecule has 1 aliphatic rings. The van der Waals surface area contributed by atoms with Crippen LogP contribution in [0.15, 0.2) is 48.5 Å². The van der Waals surface area contributed by atoms with Gasteiger partial charge in [-0.15, -0.1) is 0 Å². The quantitative estimate of drug-likeness (QED) is 0.167. The molecule has 0 spiro atoms. The Labute approximate surface area is 200 Å². The van der Waals surface area contributed by atoms with E-state index < -0.39 is 23.0 Å². The number of aliphatic hydroxyl groups excluding tert-OH is 1. The molecule has 2 aromatic rings. The number of aliphatic hydroxyl groups is 1. The highest BCUT2D eigenvalue weighted by atomic mass is 19.1. The highest BCUT2D eigenvalue weighted by Crippen LogP contribution is 2.18. The highest BCUT2D eigenvalue weighted by Gasteiger charge is 2.18. The normalized spacial score (nSPS) is 16.2. The molecule has 0 aliphatic carbocycles. The molecule has 0 saturated carbocycles. The Morgan fingerprint density at radius 1 is 1.12 bits per heavy atom. The van der Waals surface area contributed by atoms with Crippen molar-refractivity contribution >= 4 is 0 Å². The second-order valence-corrected chi connectivity index (χ2v) is 8.65. The molecular formula is C25H35FN4O4. The maximum atomic E-state index is 13.8. The fraction of sp³-hybridized carbons (Fsp3) is 0.520. The van der Waals surface area contributed by atoms with Gasteiger partial charge in [-0.25, -0.2) is 4.39 Å². The van der Waals surface area contributed by atoms with Crippen LogP contribution in [-0.2, 0) is 6.54 Å². The number of ether oxygens (including phenoxy) is 1. The zero-order chi connectivity index (χ0) is 24.2. The summed E-state index contributed by atoms with van der Waals surface area (Å²) in [6, 6.07) is 14.1. The summed E-state index contributed by atoms with van der Waals surface area (Å²) in [4.78, 5) is 13.0. The van der Waals surface area contributed by atoms with Crippen LogP contribution in [0, 0.1) is 15.9 Å². The largest absolute Gasteiger partial charge is 0.494 e. The topological polar surface area (TPSA) is 99.9 Å². The molecule has 1 saturated heterocycles. The summed E-state index contributed by atoms with van der Waals surface area (Å²) in [6.07, 6.45) is 2.75. The number of likely N-dealkylation sites (tertiary alicyclic amines) is 1. The molecule has 1 heterocycles. The van der Waals surface area contributed by atoms with E-state index in [4.69, 9.17) is 4.74 Å². The molecule has 2 unspecified atom stereocenters. The average Bonchev–Trinajstić information content (AvgIpc) is 2.83. The van der Waals surface area contributed by atoms with Crippen LogP contribution in [0.25, 0.3) is 0 Å². The zero-order valence-electron chi connectivity index (χ0n) is 19.5. The second-order valence-electron chi connectivity index (χ2n) is 8.65. The van der Waals surface area contributed by atoms with Gasteiger partial charge in [-0.05, 0) is 56.1 Å². The molecule has 0 bridgehead atoms. The first-order valence-electron chi connectivity index (χ1n) is 12.0. The Morgan fingerprint density at radius 3 is 2.68 bits per heavy atom. The smallest absolute Gasteiger partial charge is 0.231 e. The predicted octanol–water partition coefficient (Wildman–Crippen LogP) is 3.10. The minimum absolute atomic E-state index is 0.00719. The molecule has 0 aromatic heterocycles. The molecule has 9 heteroatoms. The van der Waals surface area contributed by atoms with E-state index in [-0.39, 0.29) is 18.7 Å². The van der Waals surface area contributed by atoms with Crippen LogP contribution in [0.2, 0.25) is 0 Å². The molecular weight excluding hydrogens is 439 g/mol. The molecule has 8 nitrogen and oxygen atoms in total. The number of hydrogen-bond acceptors (Lipinski definition) is 7. The van der Waals surface area contributed by atoms with Gasteiger partial charge in [0, 0.05) is 30.1 Å². The fourth-order valence-electron chi connectivity index (χ4n) is 4.11. The first kappa shape index (κ1) is 26.0. The van der Waals surface area contributed by atoms with E-state index >= 15 is 0 Å². The van der Waals surface area contributed by atoms with E-state index in [1.54, 1.807) is 12.1 Å². The zero-order valence-corrected chi connectivity index (χ0v) is 19.5. The third-order valence-electron chi connectivity index (χ3n) is 5.89. The number of nitrogens with one attached hydrogen (secondary N) is 2. The van der Waals surface area contributed by atoms with Crippen molar-refractivity contribution in [3.05, 3.63) is 75.6 Å². The summed E-state index contributed by atoms with van der Waals surface area (Å²) in [5, 5.41) is 27.2. The lowest BCUT2D eigenvalue weighted by Crippen LogP contribution is -2.48. The Balaban J connectivity index is 1.38. The van der Waals surface area contributed by atoms with Crippen LogP contribution in [0.3, 0.4) is 0 Å². The van der Waals surface area contributed by atoms with Crippen molar-refractivity contribution in [1.29, 1.82) is 0 Å². The van der Waals surface area contributed by atoms with Crippen LogP contribution >= 0.6 is 0 Å². The minimum Gasteiger partial charge on any atom is -0.494 e. The van der Waals surface area contributed by atoms with Gasteiger partial charge in [-0.3, -0.25) is 25.6 Å². The Bertz CT molecular complexity index is 895. The molecule has 34 heavy (non-hydrogen) atoms. The number of nitrogens with zero attached hydrogens (tertiary/aromatic N) is 2. The van der Waals surface area contributed by atoms with Gasteiger partial charge in [-0.1, -0.05) is 36.8 Å². The number of hydrogen-bond donors (Lipinski definition) is 3. The summed E-state index contributed by atoms with van der Waals surface area (Å²) in [5.74, 6) is 0.315. The number of nitro groups is 1. The fourth-order valence-corrected chi connectivity index (χ4v) is 4.11. The Hall–Kier alpha value is -2.59. The van der Waals surface area contributed by atoms with Gasteiger partial charge in [0.25, 0.3) is 0 Å². The molecule has 1 aliphatic heterocycles. The standard InChI is InChI=1S/C25H35FN4O4/c26-23-11-3-2-10-22(23)24(31)17-28-25(19-30(32)33)27-12-7-15-34-21-9-6-8-20(16-21)18-29-13-4-1-5-14-29/h2-3,6,8-11,16,24-25,27-28,31H,1,4-5,7,12-15,17-19H2. The molecule has 2 atom stereocenters. The summed E-state index contributed by atoms with van der Waals surface area (Å²) in [5.41, 5.74) is 1.40. The van der Waals surface area contributed by atoms with Crippen molar-refractivity contribution in [2.24, 2.45) is 0 Å². The van der Waals surface area contributed by atoms with Crippen molar-refractivity contribution < 1.29 is 19.2 Å². The molecule has 0 radical (unpaired) electrons. The van der Waals surface area contributed by atoms with Crippen molar-refractivity contribution in [2.75, 3.05) is 39.3 Å². The van der Waals surface area contributed by atoms with Crippen LogP contribution in [0.4, 0.5) is 4.39 Å². The second kappa shape index (κ2) is 14.0. The third kappa shape index (κ3) is 8.98. The third-order valence-corrected chi connectivity index (χ3v) is 5.89. The molecule has 186 valence electrons. The number of rotatable bonds is 14. The lowest BCUT2D eigenvalue weighted by Gasteiger charge is -2.26. The van der Waals surface area contributed by atoms with E-state index in [0.717, 1.165) is 25.4 Å². The van der Waals surface area contributed by atoms with Crippen molar-refractivity contribution in [1.82, 2.24) is 15.5 Å². The van der Waals surface area contributed by atoms with Crippen molar-refractivity contribution in [2.45, 2.75) is 44.5 Å². The van der Waals surface area contributed by atoms with E-state index in [0.29, 0.717) is 19.6 Å². The molecule has 3 rings (SSSR count). The highest BCUT2D eigenvalue weighted by molar-refractivity contribution is 5.28. The SMILES string of the molecule is O=[N+]([O-])CC(NCCCOc1cccc(CN2CCCCC2)c1)NCC(O)c1ccccc1F. The molecule has 3 N–H and O–H groups in total. The lowest BCUT2D eigenvalue weighted by molar-refractivity contribution is -0.484. The van der Waals surface area contributed by atoms with Crippen LogP contribution in [0.1, 0.15) is 42.9 Å². The van der Waals surface area contributed by atoms with Gasteiger partial charge < -0.3 is 9.84 Å². The van der Waals surface area contributed by atoms with E-state index in [1.807, 2.05) is 12.1 Å². The monoisotopic (exact) mass is 474 g/mol. The van der Waals surface area contributed by atoms with Gasteiger partial charge in [0.15, 0.2) is 0 Å². The van der Waals surface area contributed by atoms with Crippen molar-refractivity contribution in [3.63, 3.8) is 0 Å². The summed E-state index contributed by atoms with van der Waals surface area (Å²) < 4.78 is 19.7. The van der Waals surface area contributed by atoms with E-state index in [2.05, 4.69) is 27.7 Å². The van der Waals surface area contributed by atoms with Crippen LogP contribution < -0.4 is 15.4 Å². The first-order chi connectivity index (χ1) is 16.5. The Morgan fingerprint density at radius 2 is 1.91 bits per heavy atom. The number of halogens is 1. The molecule has 1 fully saturated rings. The maximum absolute atomic E-state index is 13.8. The van der Waals surface area contributed by atoms with Crippen LogP contribution in [-0.4, -0.2) is 60.4 Å². The summed E-state index contributed by atoms with van der Waals surface area (Å²) in [7, 11) is 0. The predicted molar refractivity (Wildman–Crippen MR) is 129 cm³/mol. The molecule has 0 amide bonds. The minimum atomic E-state index is -1.10. The number of piperidine rings is 1. The van der Waals surface area contributed by atoms with E-state index in [1.165, 1.54) is 37.0 Å². The summed E-state index contributed by atoms with van der Waals surface area (Å²) >= 11 is 0. The average molecular weight is 475 g/mol. The van der Waals surface area contributed by atoms with Gasteiger partial charge in [-0.2, -0.15) is 0 Å².